The first kappa shape index (κ1) is 45.4. The second-order valence-corrected chi connectivity index (χ2v) is 20.6. The standard InChI is InChI=1S/C46H72O12/c1-12-24(3)38(53)56-34-26(5)55-40(33(51)35(34)57-39(54)25(4)13-2)58-37-36(52)46(23-48)28(20-41(37,6)7)27-14-15-30-42(8)18-17-31(49)43(9,22-47)29(42)16-19-44(30,10)45(27,11)21-32(46)50/h12-14,26,28-37,40,47-52H,15-23H2,1-11H3/b24-12-,25-13-/t26-,28-,29+,30+,31-,32+,33-,34-,35-,36-,37-,40+,42-,43+,44+,45+,46-/m0/s1. The van der Waals surface area contributed by atoms with Crippen LogP contribution < -0.4 is 0 Å². The van der Waals surface area contributed by atoms with Crippen molar-refractivity contribution in [3.05, 3.63) is 34.9 Å². The van der Waals surface area contributed by atoms with Gasteiger partial charge in [-0.3, -0.25) is 0 Å². The van der Waals surface area contributed by atoms with Crippen LogP contribution in [0.15, 0.2) is 34.9 Å². The first-order chi connectivity index (χ1) is 27.0. The summed E-state index contributed by atoms with van der Waals surface area (Å²) in [6, 6.07) is 0. The molecule has 5 aliphatic carbocycles. The van der Waals surface area contributed by atoms with Crippen LogP contribution in [0.2, 0.25) is 0 Å². The van der Waals surface area contributed by atoms with E-state index in [1.165, 1.54) is 0 Å². The second-order valence-electron chi connectivity index (χ2n) is 20.6. The van der Waals surface area contributed by atoms with E-state index in [1.54, 1.807) is 46.8 Å². The topological polar surface area (TPSA) is 192 Å². The normalized spacial score (nSPS) is 49.0. The van der Waals surface area contributed by atoms with Crippen LogP contribution in [-0.4, -0.2) is 111 Å². The van der Waals surface area contributed by atoms with Crippen LogP contribution in [0.25, 0.3) is 0 Å². The molecule has 0 spiro atoms. The monoisotopic (exact) mass is 817 g/mol. The van der Waals surface area contributed by atoms with Gasteiger partial charge in [-0.25, -0.2) is 9.59 Å². The Morgan fingerprint density at radius 2 is 1.43 bits per heavy atom. The zero-order valence-corrected chi connectivity index (χ0v) is 36.7. The van der Waals surface area contributed by atoms with Gasteiger partial charge in [0.2, 0.25) is 0 Å². The SMILES string of the molecule is C/C=C(/C)C(=O)O[C@@H]1[C@@H](OC(=O)/C(C)=C\C)[C@H](O)[C@@H](O[C@H]2[C@H](O)[C@]3(CO)[C@H](O)C[C@]4(C)C(=CC[C@@H]5[C@@]6(C)CC[C@H](O)[C@](C)(CO)[C@@H]6CC[C@]54C)[C@@H]3CC2(C)C)O[C@H]1C. The molecule has 4 saturated carbocycles. The van der Waals surface area contributed by atoms with Crippen molar-refractivity contribution in [2.75, 3.05) is 13.2 Å². The van der Waals surface area contributed by atoms with Gasteiger partial charge in [0.05, 0.1) is 49.1 Å². The number of aliphatic hydroxyl groups excluding tert-OH is 6. The number of carbonyl (C=O) groups excluding carboxylic acids is 2. The predicted octanol–water partition coefficient (Wildman–Crippen LogP) is 4.91. The van der Waals surface area contributed by atoms with Crippen molar-refractivity contribution < 1.29 is 59.2 Å². The molecule has 0 aromatic carbocycles. The van der Waals surface area contributed by atoms with Crippen molar-refractivity contribution in [1.29, 1.82) is 0 Å². The van der Waals surface area contributed by atoms with Crippen LogP contribution in [0.5, 0.6) is 0 Å². The van der Waals surface area contributed by atoms with E-state index in [4.69, 9.17) is 18.9 Å². The molecule has 0 aromatic rings. The molecule has 0 radical (unpaired) electrons. The van der Waals surface area contributed by atoms with Gasteiger partial charge in [0, 0.05) is 16.6 Å². The van der Waals surface area contributed by atoms with Crippen molar-refractivity contribution in [2.45, 2.75) is 176 Å². The molecule has 0 unspecified atom stereocenters. The highest BCUT2D eigenvalue weighted by atomic mass is 16.7. The first-order valence-corrected chi connectivity index (χ1v) is 21.6. The summed E-state index contributed by atoms with van der Waals surface area (Å²) in [5.74, 6) is -1.40. The molecule has 12 heteroatoms. The Labute approximate surface area is 345 Å². The summed E-state index contributed by atoms with van der Waals surface area (Å²) >= 11 is 0. The van der Waals surface area contributed by atoms with Gasteiger partial charge in [0.1, 0.15) is 6.10 Å². The third kappa shape index (κ3) is 6.52. The van der Waals surface area contributed by atoms with Crippen LogP contribution >= 0.6 is 0 Å². The van der Waals surface area contributed by atoms with Crippen molar-refractivity contribution >= 4 is 11.9 Å². The second kappa shape index (κ2) is 15.6. The highest BCUT2D eigenvalue weighted by Gasteiger charge is 2.73. The molecule has 1 heterocycles. The van der Waals surface area contributed by atoms with Crippen molar-refractivity contribution in [2.24, 2.45) is 50.2 Å². The van der Waals surface area contributed by atoms with E-state index in [2.05, 4.69) is 26.8 Å². The molecule has 1 saturated heterocycles. The summed E-state index contributed by atoms with van der Waals surface area (Å²) < 4.78 is 24.3. The minimum absolute atomic E-state index is 0.0694. The van der Waals surface area contributed by atoms with E-state index in [1.807, 2.05) is 20.8 Å². The molecule has 0 aromatic heterocycles. The zero-order chi connectivity index (χ0) is 43.1. The van der Waals surface area contributed by atoms with Gasteiger partial charge in [-0.15, -0.1) is 0 Å². The van der Waals surface area contributed by atoms with E-state index in [0.717, 1.165) is 31.3 Å². The minimum atomic E-state index is -1.64. The molecule has 12 nitrogen and oxygen atoms in total. The fourth-order valence-corrected chi connectivity index (χ4v) is 13.4. The number of esters is 2. The number of allylic oxidation sites excluding steroid dienone is 4. The summed E-state index contributed by atoms with van der Waals surface area (Å²) in [4.78, 5) is 26.0. The molecule has 1 aliphatic heterocycles. The number of carbonyl (C=O) groups is 2. The van der Waals surface area contributed by atoms with Crippen molar-refractivity contribution in [3.63, 3.8) is 0 Å². The maximum atomic E-state index is 13.1. The highest BCUT2D eigenvalue weighted by molar-refractivity contribution is 5.88. The Kier molecular flexibility index (Phi) is 12.2. The summed E-state index contributed by atoms with van der Waals surface area (Å²) in [6.07, 6.45) is -0.461. The molecule has 0 amide bonds. The minimum Gasteiger partial charge on any atom is -0.452 e. The number of aliphatic hydroxyl groups is 6. The van der Waals surface area contributed by atoms with Crippen molar-refractivity contribution in [3.8, 4) is 0 Å². The summed E-state index contributed by atoms with van der Waals surface area (Å²) in [7, 11) is 0. The first-order valence-electron chi connectivity index (χ1n) is 21.6. The lowest BCUT2D eigenvalue weighted by Crippen LogP contribution is -2.72. The van der Waals surface area contributed by atoms with E-state index in [0.29, 0.717) is 24.8 Å². The van der Waals surface area contributed by atoms with Gasteiger partial charge in [-0.1, -0.05) is 65.3 Å². The van der Waals surface area contributed by atoms with E-state index in [9.17, 15) is 40.2 Å². The largest absolute Gasteiger partial charge is 0.452 e. The molecular formula is C46H72O12. The van der Waals surface area contributed by atoms with Crippen molar-refractivity contribution in [1.82, 2.24) is 0 Å². The maximum Gasteiger partial charge on any atom is 0.333 e. The average Bonchev–Trinajstić information content (AvgIpc) is 3.17. The van der Waals surface area contributed by atoms with Gasteiger partial charge < -0.3 is 49.6 Å². The van der Waals surface area contributed by atoms with Crippen LogP contribution in [0.3, 0.4) is 0 Å². The van der Waals surface area contributed by atoms with Gasteiger partial charge >= 0.3 is 11.9 Å². The molecule has 58 heavy (non-hydrogen) atoms. The Bertz CT molecular complexity index is 1690. The number of fused-ring (bicyclic) bond motifs is 7. The maximum absolute atomic E-state index is 13.1. The van der Waals surface area contributed by atoms with Crippen LogP contribution in [0, 0.1) is 50.2 Å². The fourth-order valence-electron chi connectivity index (χ4n) is 13.4. The van der Waals surface area contributed by atoms with E-state index < -0.39 is 101 Å². The number of rotatable bonds is 8. The Morgan fingerprint density at radius 3 is 2.00 bits per heavy atom. The zero-order valence-electron chi connectivity index (χ0n) is 36.7. The molecule has 0 bridgehead atoms. The highest BCUT2D eigenvalue weighted by Crippen LogP contribution is 2.75. The Morgan fingerprint density at radius 1 is 0.828 bits per heavy atom. The lowest BCUT2D eigenvalue weighted by atomic mass is 9.33. The Balaban J connectivity index is 1.33. The fraction of sp³-hybridized carbons (Fsp3) is 0.826. The quantitative estimate of drug-likeness (QED) is 0.0841. The Hall–Kier alpha value is -2.16. The number of hydrogen-bond acceptors (Lipinski definition) is 12. The molecule has 6 N–H and O–H groups in total. The molecule has 6 rings (SSSR count). The average molecular weight is 817 g/mol. The number of ether oxygens (including phenoxy) is 4. The molecule has 5 fully saturated rings. The predicted molar refractivity (Wildman–Crippen MR) is 216 cm³/mol. The molecular weight excluding hydrogens is 744 g/mol. The molecule has 6 aliphatic rings. The van der Waals surface area contributed by atoms with Gasteiger partial charge in [-0.2, -0.15) is 0 Å². The lowest BCUT2D eigenvalue weighted by molar-refractivity contribution is -0.342. The lowest BCUT2D eigenvalue weighted by Gasteiger charge is -2.72. The smallest absolute Gasteiger partial charge is 0.333 e. The van der Waals surface area contributed by atoms with E-state index in [-0.39, 0.29) is 34.8 Å². The summed E-state index contributed by atoms with van der Waals surface area (Å²) in [6.45, 7) is 20.5. The third-order valence-electron chi connectivity index (χ3n) is 17.5. The third-order valence-corrected chi connectivity index (χ3v) is 17.5. The summed E-state index contributed by atoms with van der Waals surface area (Å²) in [5, 5.41) is 70.2. The number of hydrogen-bond donors (Lipinski definition) is 6. The van der Waals surface area contributed by atoms with Crippen LogP contribution in [0.1, 0.15) is 121 Å². The van der Waals surface area contributed by atoms with Crippen LogP contribution in [0.4, 0.5) is 0 Å². The summed E-state index contributed by atoms with van der Waals surface area (Å²) in [5.41, 5.74) is -1.88. The van der Waals surface area contributed by atoms with Gasteiger partial charge in [0.15, 0.2) is 18.5 Å². The van der Waals surface area contributed by atoms with Gasteiger partial charge in [0.25, 0.3) is 0 Å². The molecule has 328 valence electrons. The molecule has 17 atom stereocenters. The van der Waals surface area contributed by atoms with Crippen LogP contribution in [-0.2, 0) is 28.5 Å². The van der Waals surface area contributed by atoms with E-state index >= 15 is 0 Å². The van der Waals surface area contributed by atoms with Gasteiger partial charge in [-0.05, 0) is 119 Å².